The van der Waals surface area contributed by atoms with Crippen molar-refractivity contribution in [2.75, 3.05) is 25.0 Å². The Labute approximate surface area is 131 Å². The molecule has 118 valence electrons. The minimum absolute atomic E-state index is 0.706. The van der Waals surface area contributed by atoms with E-state index < -0.39 is 0 Å². The summed E-state index contributed by atoms with van der Waals surface area (Å²) in [4.78, 5) is 2.59. The van der Waals surface area contributed by atoms with E-state index in [2.05, 4.69) is 32.7 Å². The summed E-state index contributed by atoms with van der Waals surface area (Å²) in [6.45, 7) is 5.60. The zero-order valence-electron chi connectivity index (χ0n) is 13.1. The Morgan fingerprint density at radius 2 is 2.09 bits per heavy atom. The number of nitrogens with zero attached hydrogens (tertiary/aromatic N) is 5. The second-order valence-corrected chi connectivity index (χ2v) is 5.91. The fourth-order valence-electron chi connectivity index (χ4n) is 3.01. The van der Waals surface area contributed by atoms with Gasteiger partial charge in [-0.1, -0.05) is 29.7 Å². The highest BCUT2D eigenvalue weighted by atomic mass is 15.6. The first-order valence-electron chi connectivity index (χ1n) is 8.16. The molecule has 1 aliphatic rings. The van der Waals surface area contributed by atoms with Gasteiger partial charge in [0.2, 0.25) is 5.95 Å². The average molecular weight is 300 g/mol. The molecule has 1 aromatic heterocycles. The normalized spacial score (nSPS) is 19.2. The predicted molar refractivity (Wildman–Crippen MR) is 87.1 cm³/mol. The number of para-hydroxylation sites is 1. The highest BCUT2D eigenvalue weighted by Gasteiger charge is 2.17. The summed E-state index contributed by atoms with van der Waals surface area (Å²) in [5.41, 5.74) is 0.972. The number of aromatic nitrogens is 4. The van der Waals surface area contributed by atoms with Crippen LogP contribution < -0.4 is 5.32 Å². The van der Waals surface area contributed by atoms with Gasteiger partial charge in [0.15, 0.2) is 0 Å². The molecule has 0 saturated carbocycles. The number of anilines is 1. The van der Waals surface area contributed by atoms with Crippen molar-refractivity contribution in [3.8, 4) is 5.69 Å². The van der Waals surface area contributed by atoms with Crippen LogP contribution in [0.4, 0.5) is 5.95 Å². The van der Waals surface area contributed by atoms with Crippen LogP contribution in [0.3, 0.4) is 0 Å². The van der Waals surface area contributed by atoms with Gasteiger partial charge in [0.05, 0.1) is 5.69 Å². The lowest BCUT2D eigenvalue weighted by Crippen LogP contribution is -2.38. The number of likely N-dealkylation sites (tertiary alicyclic amines) is 1. The maximum absolute atomic E-state index is 4.07. The van der Waals surface area contributed by atoms with E-state index in [0.717, 1.165) is 31.2 Å². The summed E-state index contributed by atoms with van der Waals surface area (Å²) in [5.74, 6) is 0.706. The van der Waals surface area contributed by atoms with E-state index in [1.165, 1.54) is 25.8 Å². The van der Waals surface area contributed by atoms with E-state index in [0.29, 0.717) is 5.95 Å². The molecule has 22 heavy (non-hydrogen) atoms. The number of benzene rings is 1. The molecule has 1 fully saturated rings. The summed E-state index contributed by atoms with van der Waals surface area (Å²) in [5, 5.41) is 15.2. The second-order valence-electron chi connectivity index (χ2n) is 5.91. The predicted octanol–water partition coefficient (Wildman–Crippen LogP) is 2.34. The first-order chi connectivity index (χ1) is 10.8. The first-order valence-corrected chi connectivity index (χ1v) is 8.16. The number of piperidine rings is 1. The van der Waals surface area contributed by atoms with Crippen LogP contribution in [-0.4, -0.2) is 50.8 Å². The molecule has 1 saturated heterocycles. The topological polar surface area (TPSA) is 58.9 Å². The summed E-state index contributed by atoms with van der Waals surface area (Å²) >= 11 is 0. The first kappa shape index (κ1) is 15.0. The Hall–Kier alpha value is -1.95. The van der Waals surface area contributed by atoms with E-state index in [4.69, 9.17) is 0 Å². The number of nitrogens with one attached hydrogen (secondary N) is 1. The van der Waals surface area contributed by atoms with Gasteiger partial charge in [-0.25, -0.2) is 0 Å². The summed E-state index contributed by atoms with van der Waals surface area (Å²) in [6.07, 6.45) is 5.15. The lowest BCUT2D eigenvalue weighted by molar-refractivity contribution is 0.160. The van der Waals surface area contributed by atoms with E-state index in [1.807, 2.05) is 30.3 Å². The van der Waals surface area contributed by atoms with Gasteiger partial charge >= 0.3 is 0 Å². The van der Waals surface area contributed by atoms with Gasteiger partial charge in [-0.05, 0) is 55.3 Å². The van der Waals surface area contributed by atoms with Crippen LogP contribution in [0.1, 0.15) is 32.6 Å². The zero-order chi connectivity index (χ0) is 15.2. The third kappa shape index (κ3) is 3.62. The molecule has 0 spiro atoms. The maximum atomic E-state index is 4.07. The van der Waals surface area contributed by atoms with Crippen LogP contribution >= 0.6 is 0 Å². The Bertz CT molecular complexity index is 567. The Morgan fingerprint density at radius 3 is 2.91 bits per heavy atom. The summed E-state index contributed by atoms with van der Waals surface area (Å²) in [7, 11) is 0. The van der Waals surface area contributed by atoms with Crippen LogP contribution in [-0.2, 0) is 0 Å². The Morgan fingerprint density at radius 1 is 1.23 bits per heavy atom. The zero-order valence-corrected chi connectivity index (χ0v) is 13.1. The second kappa shape index (κ2) is 7.35. The smallest absolute Gasteiger partial charge is 0.247 e. The van der Waals surface area contributed by atoms with Gasteiger partial charge in [0, 0.05) is 19.1 Å². The Balaban J connectivity index is 1.49. The van der Waals surface area contributed by atoms with Gasteiger partial charge in [-0.15, -0.1) is 0 Å². The SMILES string of the molecule is C[C@H]1CCCCN1CCCNc1nnnn1-c1ccccc1. The molecule has 2 heterocycles. The van der Waals surface area contributed by atoms with E-state index in [9.17, 15) is 0 Å². The molecule has 0 radical (unpaired) electrons. The number of rotatable bonds is 6. The van der Waals surface area contributed by atoms with E-state index in [1.54, 1.807) is 4.68 Å². The molecule has 0 unspecified atom stereocenters. The molecule has 6 nitrogen and oxygen atoms in total. The van der Waals surface area contributed by atoms with Gasteiger partial charge in [-0.3, -0.25) is 0 Å². The van der Waals surface area contributed by atoms with Crippen molar-refractivity contribution in [1.29, 1.82) is 0 Å². The third-order valence-electron chi connectivity index (χ3n) is 4.32. The molecule has 0 aliphatic carbocycles. The molecule has 0 amide bonds. The van der Waals surface area contributed by atoms with Crippen molar-refractivity contribution in [3.63, 3.8) is 0 Å². The highest BCUT2D eigenvalue weighted by molar-refractivity contribution is 5.38. The van der Waals surface area contributed by atoms with E-state index >= 15 is 0 Å². The third-order valence-corrected chi connectivity index (χ3v) is 4.32. The fourth-order valence-corrected chi connectivity index (χ4v) is 3.01. The molecule has 0 bridgehead atoms. The molecular weight excluding hydrogens is 276 g/mol. The minimum atomic E-state index is 0.706. The van der Waals surface area contributed by atoms with Crippen LogP contribution in [0.2, 0.25) is 0 Å². The summed E-state index contributed by atoms with van der Waals surface area (Å²) in [6, 6.07) is 10.7. The van der Waals surface area contributed by atoms with Crippen molar-refractivity contribution in [1.82, 2.24) is 25.1 Å². The molecule has 1 aromatic carbocycles. The number of hydrogen-bond donors (Lipinski definition) is 1. The molecular formula is C16H24N6. The molecule has 2 aromatic rings. The molecule has 1 N–H and O–H groups in total. The Kier molecular flexibility index (Phi) is 5.00. The van der Waals surface area contributed by atoms with Crippen LogP contribution in [0, 0.1) is 0 Å². The van der Waals surface area contributed by atoms with Crippen molar-refractivity contribution < 1.29 is 0 Å². The highest BCUT2D eigenvalue weighted by Crippen LogP contribution is 2.16. The van der Waals surface area contributed by atoms with Crippen molar-refractivity contribution in [2.24, 2.45) is 0 Å². The molecule has 6 heteroatoms. The van der Waals surface area contributed by atoms with Gasteiger partial charge in [0.1, 0.15) is 0 Å². The quantitative estimate of drug-likeness (QED) is 0.830. The van der Waals surface area contributed by atoms with Gasteiger partial charge in [0.25, 0.3) is 0 Å². The van der Waals surface area contributed by atoms with Crippen molar-refractivity contribution in [3.05, 3.63) is 30.3 Å². The maximum Gasteiger partial charge on any atom is 0.247 e. The number of hydrogen-bond acceptors (Lipinski definition) is 5. The van der Waals surface area contributed by atoms with Crippen molar-refractivity contribution >= 4 is 5.95 Å². The lowest BCUT2D eigenvalue weighted by atomic mass is 10.0. The fraction of sp³-hybridized carbons (Fsp3) is 0.562. The van der Waals surface area contributed by atoms with Gasteiger partial charge < -0.3 is 10.2 Å². The van der Waals surface area contributed by atoms with Gasteiger partial charge in [-0.2, -0.15) is 4.68 Å². The van der Waals surface area contributed by atoms with Crippen LogP contribution in [0.15, 0.2) is 30.3 Å². The van der Waals surface area contributed by atoms with Crippen molar-refractivity contribution in [2.45, 2.75) is 38.6 Å². The molecule has 1 atom stereocenters. The average Bonchev–Trinajstić information content (AvgIpc) is 3.02. The van der Waals surface area contributed by atoms with Crippen LogP contribution in [0.25, 0.3) is 5.69 Å². The molecule has 1 aliphatic heterocycles. The number of tetrazole rings is 1. The van der Waals surface area contributed by atoms with Crippen LogP contribution in [0.5, 0.6) is 0 Å². The standard InChI is InChI=1S/C16H24N6/c1-14-8-5-6-12-21(14)13-7-11-17-16-18-19-20-22(16)15-9-3-2-4-10-15/h2-4,9-10,14H,5-8,11-13H2,1H3,(H,17,18,20)/t14-/m0/s1. The molecule has 3 rings (SSSR count). The lowest BCUT2D eigenvalue weighted by Gasteiger charge is -2.33. The summed E-state index contributed by atoms with van der Waals surface area (Å²) < 4.78 is 1.74. The van der Waals surface area contributed by atoms with E-state index in [-0.39, 0.29) is 0 Å². The minimum Gasteiger partial charge on any atom is -0.353 e. The largest absolute Gasteiger partial charge is 0.353 e. The monoisotopic (exact) mass is 300 g/mol.